The highest BCUT2D eigenvalue weighted by Crippen LogP contribution is 2.15. The van der Waals surface area contributed by atoms with E-state index >= 15 is 0 Å². The summed E-state index contributed by atoms with van der Waals surface area (Å²) in [6, 6.07) is 15.0. The molecule has 2 N–H and O–H groups in total. The van der Waals surface area contributed by atoms with Crippen molar-refractivity contribution in [3.63, 3.8) is 0 Å². The summed E-state index contributed by atoms with van der Waals surface area (Å²) in [6.45, 7) is 3.64. The molecule has 0 unspecified atom stereocenters. The molecule has 0 heterocycles. The summed E-state index contributed by atoms with van der Waals surface area (Å²) in [5, 5.41) is 0.684. The number of hydrogen-bond acceptors (Lipinski definition) is 2. The average molecular weight is 303 g/mol. The van der Waals surface area contributed by atoms with Gasteiger partial charge in [0, 0.05) is 30.2 Å². The van der Waals surface area contributed by atoms with Gasteiger partial charge in [0.1, 0.15) is 0 Å². The molecule has 0 saturated carbocycles. The Labute approximate surface area is 130 Å². The van der Waals surface area contributed by atoms with Crippen molar-refractivity contribution < 1.29 is 4.79 Å². The molecule has 2 aromatic rings. The Morgan fingerprint density at radius 2 is 1.86 bits per heavy atom. The maximum Gasteiger partial charge on any atom is 0.254 e. The van der Waals surface area contributed by atoms with Crippen LogP contribution in [-0.4, -0.2) is 17.4 Å². The first kappa shape index (κ1) is 15.5. The minimum Gasteiger partial charge on any atom is -0.335 e. The zero-order chi connectivity index (χ0) is 15.2. The van der Waals surface area contributed by atoms with E-state index in [4.69, 9.17) is 17.3 Å². The lowest BCUT2D eigenvalue weighted by molar-refractivity contribution is 0.0752. The number of nitrogens with two attached hydrogens (primary N) is 1. The summed E-state index contributed by atoms with van der Waals surface area (Å²) in [4.78, 5) is 14.3. The standard InChI is InChI=1S/C17H19ClN2O/c1-2-20(12-14-4-3-5-16(18)10-14)17(21)15-8-6-13(11-19)7-9-15/h3-10H,2,11-12,19H2,1H3. The Bertz CT molecular complexity index is 610. The third-order valence-electron chi connectivity index (χ3n) is 3.37. The molecule has 21 heavy (non-hydrogen) atoms. The Kier molecular flexibility index (Phi) is 5.37. The van der Waals surface area contributed by atoms with Gasteiger partial charge in [-0.25, -0.2) is 0 Å². The molecule has 4 heteroatoms. The van der Waals surface area contributed by atoms with E-state index < -0.39 is 0 Å². The van der Waals surface area contributed by atoms with Crippen LogP contribution in [0.5, 0.6) is 0 Å². The second-order valence-corrected chi connectivity index (χ2v) is 5.29. The number of carbonyl (C=O) groups is 1. The predicted molar refractivity (Wildman–Crippen MR) is 86.2 cm³/mol. The number of rotatable bonds is 5. The van der Waals surface area contributed by atoms with E-state index in [1.807, 2.05) is 55.5 Å². The van der Waals surface area contributed by atoms with E-state index in [0.29, 0.717) is 30.2 Å². The van der Waals surface area contributed by atoms with E-state index in [0.717, 1.165) is 11.1 Å². The number of hydrogen-bond donors (Lipinski definition) is 1. The van der Waals surface area contributed by atoms with Crippen LogP contribution in [0.3, 0.4) is 0 Å². The minimum absolute atomic E-state index is 0.0149. The molecule has 0 aliphatic heterocycles. The highest BCUT2D eigenvalue weighted by molar-refractivity contribution is 6.30. The van der Waals surface area contributed by atoms with Crippen molar-refractivity contribution in [3.8, 4) is 0 Å². The summed E-state index contributed by atoms with van der Waals surface area (Å²) in [6.07, 6.45) is 0. The molecule has 0 aliphatic carbocycles. The SMILES string of the molecule is CCN(Cc1cccc(Cl)c1)C(=O)c1ccc(CN)cc1. The second kappa shape index (κ2) is 7.25. The zero-order valence-corrected chi connectivity index (χ0v) is 12.8. The van der Waals surface area contributed by atoms with Crippen LogP contribution in [0.15, 0.2) is 48.5 Å². The lowest BCUT2D eigenvalue weighted by atomic mass is 10.1. The smallest absolute Gasteiger partial charge is 0.254 e. The summed E-state index contributed by atoms with van der Waals surface area (Å²) in [5.74, 6) is 0.0149. The maximum atomic E-state index is 12.5. The summed E-state index contributed by atoms with van der Waals surface area (Å²) in [5.41, 5.74) is 8.29. The van der Waals surface area contributed by atoms with Crippen LogP contribution in [0, 0.1) is 0 Å². The van der Waals surface area contributed by atoms with Crippen molar-refractivity contribution in [2.24, 2.45) is 5.73 Å². The Morgan fingerprint density at radius 1 is 1.14 bits per heavy atom. The van der Waals surface area contributed by atoms with Crippen LogP contribution in [0.2, 0.25) is 5.02 Å². The van der Waals surface area contributed by atoms with E-state index in [-0.39, 0.29) is 5.91 Å². The van der Waals surface area contributed by atoms with Crippen LogP contribution in [0.1, 0.15) is 28.4 Å². The first-order valence-corrected chi connectivity index (χ1v) is 7.34. The van der Waals surface area contributed by atoms with E-state index in [1.54, 1.807) is 4.90 Å². The molecule has 0 aromatic heterocycles. The molecule has 2 aromatic carbocycles. The van der Waals surface area contributed by atoms with Crippen molar-refractivity contribution in [2.75, 3.05) is 6.54 Å². The molecular weight excluding hydrogens is 284 g/mol. The van der Waals surface area contributed by atoms with Gasteiger partial charge in [0.2, 0.25) is 0 Å². The van der Waals surface area contributed by atoms with Crippen LogP contribution in [0.25, 0.3) is 0 Å². The van der Waals surface area contributed by atoms with Gasteiger partial charge in [0.05, 0.1) is 0 Å². The topological polar surface area (TPSA) is 46.3 Å². The van der Waals surface area contributed by atoms with E-state index in [9.17, 15) is 4.79 Å². The predicted octanol–water partition coefficient (Wildman–Crippen LogP) is 3.46. The first-order chi connectivity index (χ1) is 10.1. The van der Waals surface area contributed by atoms with Gasteiger partial charge in [-0.05, 0) is 42.3 Å². The molecule has 0 aliphatic rings. The molecule has 0 saturated heterocycles. The van der Waals surface area contributed by atoms with Crippen molar-refractivity contribution in [1.82, 2.24) is 4.90 Å². The fourth-order valence-corrected chi connectivity index (χ4v) is 2.36. The first-order valence-electron chi connectivity index (χ1n) is 6.96. The van der Waals surface area contributed by atoms with Crippen LogP contribution in [-0.2, 0) is 13.1 Å². The highest BCUT2D eigenvalue weighted by atomic mass is 35.5. The normalized spacial score (nSPS) is 10.4. The fraction of sp³-hybridized carbons (Fsp3) is 0.235. The lowest BCUT2D eigenvalue weighted by Crippen LogP contribution is -2.30. The average Bonchev–Trinajstić information content (AvgIpc) is 2.52. The molecule has 0 bridgehead atoms. The van der Waals surface area contributed by atoms with E-state index in [1.165, 1.54) is 0 Å². The van der Waals surface area contributed by atoms with Crippen molar-refractivity contribution in [3.05, 3.63) is 70.2 Å². The van der Waals surface area contributed by atoms with Gasteiger partial charge in [-0.2, -0.15) is 0 Å². The Hall–Kier alpha value is -1.84. The number of benzene rings is 2. The molecular formula is C17H19ClN2O. The molecule has 1 amide bonds. The molecule has 3 nitrogen and oxygen atoms in total. The highest BCUT2D eigenvalue weighted by Gasteiger charge is 2.14. The van der Waals surface area contributed by atoms with Gasteiger partial charge in [0.25, 0.3) is 5.91 Å². The molecule has 0 atom stereocenters. The summed E-state index contributed by atoms with van der Waals surface area (Å²) < 4.78 is 0. The van der Waals surface area contributed by atoms with Crippen molar-refractivity contribution in [2.45, 2.75) is 20.0 Å². The Morgan fingerprint density at radius 3 is 2.43 bits per heavy atom. The summed E-state index contributed by atoms with van der Waals surface area (Å²) >= 11 is 5.99. The number of nitrogens with zero attached hydrogens (tertiary/aromatic N) is 1. The zero-order valence-electron chi connectivity index (χ0n) is 12.1. The monoisotopic (exact) mass is 302 g/mol. The van der Waals surface area contributed by atoms with Gasteiger partial charge < -0.3 is 10.6 Å². The van der Waals surface area contributed by atoms with Crippen LogP contribution in [0.4, 0.5) is 0 Å². The maximum absolute atomic E-state index is 12.5. The molecule has 0 fully saturated rings. The van der Waals surface area contributed by atoms with Crippen LogP contribution < -0.4 is 5.73 Å². The molecule has 0 radical (unpaired) electrons. The number of carbonyl (C=O) groups excluding carboxylic acids is 1. The number of halogens is 1. The molecule has 2 rings (SSSR count). The molecule has 0 spiro atoms. The van der Waals surface area contributed by atoms with Gasteiger partial charge >= 0.3 is 0 Å². The Balaban J connectivity index is 2.14. The quantitative estimate of drug-likeness (QED) is 0.919. The van der Waals surface area contributed by atoms with E-state index in [2.05, 4.69) is 0 Å². The van der Waals surface area contributed by atoms with Gasteiger partial charge in [0.15, 0.2) is 0 Å². The largest absolute Gasteiger partial charge is 0.335 e. The minimum atomic E-state index is 0.0149. The van der Waals surface area contributed by atoms with Crippen LogP contribution >= 0.6 is 11.6 Å². The van der Waals surface area contributed by atoms with Crippen molar-refractivity contribution >= 4 is 17.5 Å². The summed E-state index contributed by atoms with van der Waals surface area (Å²) in [7, 11) is 0. The van der Waals surface area contributed by atoms with Crippen molar-refractivity contribution in [1.29, 1.82) is 0 Å². The third-order valence-corrected chi connectivity index (χ3v) is 3.60. The fourth-order valence-electron chi connectivity index (χ4n) is 2.15. The second-order valence-electron chi connectivity index (χ2n) is 4.85. The van der Waals surface area contributed by atoms with Gasteiger partial charge in [-0.1, -0.05) is 35.9 Å². The molecule has 110 valence electrons. The lowest BCUT2D eigenvalue weighted by Gasteiger charge is -2.21. The van der Waals surface area contributed by atoms with Gasteiger partial charge in [-0.3, -0.25) is 4.79 Å². The third kappa shape index (κ3) is 4.06. The number of amides is 1. The van der Waals surface area contributed by atoms with Gasteiger partial charge in [-0.15, -0.1) is 0 Å².